The molecule has 0 bridgehead atoms. The number of rotatable bonds is 3. The van der Waals surface area contributed by atoms with Crippen molar-refractivity contribution in [3.8, 4) is 0 Å². The fourth-order valence-corrected chi connectivity index (χ4v) is 2.95. The molecule has 1 unspecified atom stereocenters. The molecule has 2 aliphatic heterocycles. The quantitative estimate of drug-likeness (QED) is 0.747. The number of hydrogen-bond donors (Lipinski definition) is 0. The van der Waals surface area contributed by atoms with E-state index in [1.54, 1.807) is 0 Å². The number of nitrogens with zero attached hydrogens (tertiary/aromatic N) is 2. The molecule has 1 spiro atoms. The highest BCUT2D eigenvalue weighted by Crippen LogP contribution is 2.35. The summed E-state index contributed by atoms with van der Waals surface area (Å²) in [5.74, 6) is 0.698. The van der Waals surface area contributed by atoms with Gasteiger partial charge in [-0.05, 0) is 19.8 Å². The molecule has 98 valence electrons. The van der Waals surface area contributed by atoms with Gasteiger partial charge >= 0.3 is 0 Å². The molecule has 2 saturated heterocycles. The van der Waals surface area contributed by atoms with Gasteiger partial charge in [0.2, 0.25) is 0 Å². The lowest BCUT2D eigenvalue weighted by Gasteiger charge is -2.60. The van der Waals surface area contributed by atoms with Gasteiger partial charge in [-0.25, -0.2) is 0 Å². The van der Waals surface area contributed by atoms with Crippen molar-refractivity contribution in [3.63, 3.8) is 0 Å². The van der Waals surface area contributed by atoms with E-state index in [0.717, 1.165) is 32.8 Å². The molecule has 3 heteroatoms. The Morgan fingerprint density at radius 2 is 1.94 bits per heavy atom. The highest BCUT2D eigenvalue weighted by molar-refractivity contribution is 5.12. The highest BCUT2D eigenvalue weighted by Gasteiger charge is 2.50. The second-order valence-electron chi connectivity index (χ2n) is 6.05. The van der Waals surface area contributed by atoms with Crippen molar-refractivity contribution in [3.05, 3.63) is 12.3 Å². The topological polar surface area (TPSA) is 15.7 Å². The van der Waals surface area contributed by atoms with E-state index in [-0.39, 0.29) is 5.54 Å². The Bertz CT molecular complexity index is 295. The summed E-state index contributed by atoms with van der Waals surface area (Å²) < 4.78 is 5.72. The fourth-order valence-electron chi connectivity index (χ4n) is 2.95. The maximum atomic E-state index is 5.72. The normalized spacial score (nSPS) is 26.1. The molecule has 0 amide bonds. The van der Waals surface area contributed by atoms with Gasteiger partial charge in [-0.2, -0.15) is 0 Å². The van der Waals surface area contributed by atoms with Crippen LogP contribution in [0.5, 0.6) is 0 Å². The van der Waals surface area contributed by atoms with Crippen LogP contribution < -0.4 is 0 Å². The molecule has 0 aromatic carbocycles. The Balaban J connectivity index is 2.06. The molecule has 2 fully saturated rings. The molecular weight excluding hydrogens is 212 g/mol. The molecule has 17 heavy (non-hydrogen) atoms. The van der Waals surface area contributed by atoms with Crippen LogP contribution in [-0.2, 0) is 4.74 Å². The molecule has 2 heterocycles. The monoisotopic (exact) mass is 238 g/mol. The smallest absolute Gasteiger partial charge is 0.0799 e. The third kappa shape index (κ3) is 2.23. The summed E-state index contributed by atoms with van der Waals surface area (Å²) in [6, 6.07) is 0.631. The first-order valence-electron chi connectivity index (χ1n) is 6.71. The van der Waals surface area contributed by atoms with E-state index in [1.165, 1.54) is 5.70 Å². The van der Waals surface area contributed by atoms with E-state index < -0.39 is 0 Å². The maximum absolute atomic E-state index is 5.72. The van der Waals surface area contributed by atoms with E-state index >= 15 is 0 Å². The molecule has 0 N–H and O–H groups in total. The summed E-state index contributed by atoms with van der Waals surface area (Å²) in [6.07, 6.45) is 0. The SMILES string of the molecule is C=C(C)N1CC2(COCCN2C(C)C(C)C)C1. The van der Waals surface area contributed by atoms with Crippen LogP contribution in [0.15, 0.2) is 12.3 Å². The van der Waals surface area contributed by atoms with E-state index in [9.17, 15) is 0 Å². The molecule has 0 saturated carbocycles. The van der Waals surface area contributed by atoms with Crippen LogP contribution in [0.3, 0.4) is 0 Å². The minimum Gasteiger partial charge on any atom is -0.378 e. The molecule has 0 aliphatic carbocycles. The Morgan fingerprint density at radius 1 is 1.29 bits per heavy atom. The number of allylic oxidation sites excluding steroid dienone is 1. The van der Waals surface area contributed by atoms with Crippen molar-refractivity contribution in [2.75, 3.05) is 32.8 Å². The van der Waals surface area contributed by atoms with Crippen molar-refractivity contribution < 1.29 is 4.74 Å². The minimum atomic E-state index is 0.251. The van der Waals surface area contributed by atoms with Crippen LogP contribution in [0, 0.1) is 5.92 Å². The van der Waals surface area contributed by atoms with Crippen LogP contribution >= 0.6 is 0 Å². The molecule has 1 atom stereocenters. The van der Waals surface area contributed by atoms with Gasteiger partial charge in [-0.3, -0.25) is 4.90 Å². The average Bonchev–Trinajstić information content (AvgIpc) is 2.24. The van der Waals surface area contributed by atoms with Crippen molar-refractivity contribution in [2.24, 2.45) is 5.92 Å². The number of hydrogen-bond acceptors (Lipinski definition) is 3. The molecule has 2 rings (SSSR count). The van der Waals surface area contributed by atoms with Crippen molar-refractivity contribution >= 4 is 0 Å². The van der Waals surface area contributed by atoms with Crippen molar-refractivity contribution in [1.82, 2.24) is 9.80 Å². The average molecular weight is 238 g/mol. The third-order valence-electron chi connectivity index (χ3n) is 4.42. The lowest BCUT2D eigenvalue weighted by molar-refractivity contribution is -0.150. The zero-order valence-corrected chi connectivity index (χ0v) is 11.7. The van der Waals surface area contributed by atoms with Gasteiger partial charge in [0.05, 0.1) is 18.8 Å². The van der Waals surface area contributed by atoms with E-state index in [0.29, 0.717) is 12.0 Å². The predicted molar refractivity (Wildman–Crippen MR) is 70.9 cm³/mol. The number of ether oxygens (including phenoxy) is 1. The number of morpholine rings is 1. The first kappa shape index (κ1) is 12.9. The van der Waals surface area contributed by atoms with Crippen molar-refractivity contribution in [1.29, 1.82) is 0 Å². The van der Waals surface area contributed by atoms with E-state index in [2.05, 4.69) is 44.1 Å². The van der Waals surface area contributed by atoms with Crippen LogP contribution in [0.2, 0.25) is 0 Å². The van der Waals surface area contributed by atoms with Gasteiger partial charge in [0.25, 0.3) is 0 Å². The fraction of sp³-hybridized carbons (Fsp3) is 0.857. The lowest BCUT2D eigenvalue weighted by atomic mass is 9.84. The van der Waals surface area contributed by atoms with Crippen LogP contribution in [-0.4, -0.2) is 54.2 Å². The molecule has 2 aliphatic rings. The van der Waals surface area contributed by atoms with E-state index in [1.807, 2.05) is 0 Å². The summed E-state index contributed by atoms with van der Waals surface area (Å²) in [7, 11) is 0. The zero-order chi connectivity index (χ0) is 12.6. The Labute approximate surface area is 105 Å². The minimum absolute atomic E-state index is 0.251. The summed E-state index contributed by atoms with van der Waals surface area (Å²) in [5.41, 5.74) is 1.43. The van der Waals surface area contributed by atoms with Crippen LogP contribution in [0.4, 0.5) is 0 Å². The second kappa shape index (κ2) is 4.62. The van der Waals surface area contributed by atoms with Crippen LogP contribution in [0.25, 0.3) is 0 Å². The van der Waals surface area contributed by atoms with Gasteiger partial charge in [0.1, 0.15) is 0 Å². The van der Waals surface area contributed by atoms with Crippen molar-refractivity contribution in [2.45, 2.75) is 39.3 Å². The third-order valence-corrected chi connectivity index (χ3v) is 4.42. The largest absolute Gasteiger partial charge is 0.378 e. The summed E-state index contributed by atoms with van der Waals surface area (Å²) >= 11 is 0. The zero-order valence-electron chi connectivity index (χ0n) is 11.7. The molecule has 0 aromatic heterocycles. The van der Waals surface area contributed by atoms with Gasteiger partial charge in [-0.15, -0.1) is 0 Å². The van der Waals surface area contributed by atoms with Gasteiger partial charge < -0.3 is 9.64 Å². The maximum Gasteiger partial charge on any atom is 0.0799 e. The highest BCUT2D eigenvalue weighted by atomic mass is 16.5. The number of likely N-dealkylation sites (tertiary alicyclic amines) is 1. The Kier molecular flexibility index (Phi) is 3.50. The van der Waals surface area contributed by atoms with Crippen LogP contribution in [0.1, 0.15) is 27.7 Å². The predicted octanol–water partition coefficient (Wildman–Crippen LogP) is 1.95. The summed E-state index contributed by atoms with van der Waals surface area (Å²) in [6.45, 7) is 18.1. The molecule has 3 nitrogen and oxygen atoms in total. The van der Waals surface area contributed by atoms with E-state index in [4.69, 9.17) is 4.74 Å². The molecule has 0 radical (unpaired) electrons. The lowest BCUT2D eigenvalue weighted by Crippen LogP contribution is -2.75. The summed E-state index contributed by atoms with van der Waals surface area (Å²) in [5, 5.41) is 0. The van der Waals surface area contributed by atoms with Gasteiger partial charge in [0, 0.05) is 31.4 Å². The second-order valence-corrected chi connectivity index (χ2v) is 6.05. The first-order chi connectivity index (χ1) is 7.96. The Morgan fingerprint density at radius 3 is 2.47 bits per heavy atom. The Hall–Kier alpha value is -0.540. The molecule has 0 aromatic rings. The summed E-state index contributed by atoms with van der Waals surface area (Å²) in [4.78, 5) is 5.02. The van der Waals surface area contributed by atoms with Gasteiger partial charge in [0.15, 0.2) is 0 Å². The first-order valence-corrected chi connectivity index (χ1v) is 6.71. The standard InChI is InChI=1S/C14H26N2O/c1-11(2)13(5)16-6-7-17-10-14(16)8-15(9-14)12(3)4/h11,13H,3,6-10H2,1-2,4-5H3. The van der Waals surface area contributed by atoms with Gasteiger partial charge in [-0.1, -0.05) is 20.4 Å². The molecular formula is C14H26N2O.